The average molecular weight is 198 g/mol. The molecule has 0 aromatic carbocycles. The van der Waals surface area contributed by atoms with Crippen LogP contribution in [0.1, 0.15) is 10.5 Å². The average Bonchev–Trinajstić information content (AvgIpc) is 2.45. The van der Waals surface area contributed by atoms with Gasteiger partial charge in [0.25, 0.3) is 0 Å². The van der Waals surface area contributed by atoms with E-state index in [2.05, 4.69) is 10.1 Å². The predicted octanol–water partition coefficient (Wildman–Crippen LogP) is 1.08. The van der Waals surface area contributed by atoms with Gasteiger partial charge in [0.1, 0.15) is 0 Å². The highest BCUT2D eigenvalue weighted by Gasteiger charge is 2.16. The lowest BCUT2D eigenvalue weighted by Gasteiger charge is -1.89. The molecule has 6 heteroatoms. The van der Waals surface area contributed by atoms with Crippen molar-refractivity contribution in [3.63, 3.8) is 0 Å². The van der Waals surface area contributed by atoms with Crippen LogP contribution in [0.15, 0.2) is 18.3 Å². The molecule has 0 amide bonds. The van der Waals surface area contributed by atoms with Crippen molar-refractivity contribution in [2.45, 2.75) is 0 Å². The van der Waals surface area contributed by atoms with Gasteiger partial charge in [-0.1, -0.05) is 11.6 Å². The largest absolute Gasteiger partial charge is 0.476 e. The van der Waals surface area contributed by atoms with E-state index in [1.807, 2.05) is 0 Å². The summed E-state index contributed by atoms with van der Waals surface area (Å²) in [5.41, 5.74) is 0.241. The molecule has 0 fully saturated rings. The summed E-state index contributed by atoms with van der Waals surface area (Å²) in [4.78, 5) is 14.4. The number of hydrogen-bond acceptors (Lipinski definition) is 3. The van der Waals surface area contributed by atoms with Gasteiger partial charge in [0.2, 0.25) is 0 Å². The molecule has 13 heavy (non-hydrogen) atoms. The Morgan fingerprint density at radius 2 is 2.38 bits per heavy atom. The Bertz CT molecular complexity index is 480. The van der Waals surface area contributed by atoms with Gasteiger partial charge in [0, 0.05) is 6.20 Å². The smallest absolute Gasteiger partial charge is 0.357 e. The quantitative estimate of drug-likeness (QED) is 0.743. The molecule has 2 aromatic heterocycles. The number of halogens is 1. The van der Waals surface area contributed by atoms with Gasteiger partial charge < -0.3 is 5.11 Å². The lowest BCUT2D eigenvalue weighted by atomic mass is 10.5. The first-order valence-corrected chi connectivity index (χ1v) is 3.80. The van der Waals surface area contributed by atoms with Crippen LogP contribution in [0.2, 0.25) is 5.15 Å². The van der Waals surface area contributed by atoms with Crippen molar-refractivity contribution in [3.05, 3.63) is 29.2 Å². The Balaban J connectivity index is 2.81. The summed E-state index contributed by atoms with van der Waals surface area (Å²) in [5, 5.41) is 12.5. The lowest BCUT2D eigenvalue weighted by molar-refractivity contribution is 0.0691. The summed E-state index contributed by atoms with van der Waals surface area (Å²) in [6.45, 7) is 0. The van der Waals surface area contributed by atoms with Crippen LogP contribution in [0, 0.1) is 0 Å². The van der Waals surface area contributed by atoms with Gasteiger partial charge in [0.05, 0.1) is 0 Å². The number of carboxylic acids is 1. The first-order valence-electron chi connectivity index (χ1n) is 3.42. The van der Waals surface area contributed by atoms with Crippen LogP contribution in [-0.4, -0.2) is 25.7 Å². The van der Waals surface area contributed by atoms with E-state index in [-0.39, 0.29) is 10.8 Å². The molecule has 66 valence electrons. The fourth-order valence-corrected chi connectivity index (χ4v) is 1.25. The minimum absolute atomic E-state index is 0.0168. The fraction of sp³-hybridized carbons (Fsp3) is 0. The summed E-state index contributed by atoms with van der Waals surface area (Å²) in [5.74, 6) is -1.16. The van der Waals surface area contributed by atoms with E-state index < -0.39 is 5.97 Å². The van der Waals surface area contributed by atoms with Gasteiger partial charge in [-0.15, -0.1) is 0 Å². The van der Waals surface area contributed by atoms with Crippen LogP contribution in [0.25, 0.3) is 5.65 Å². The minimum Gasteiger partial charge on any atom is -0.476 e. The van der Waals surface area contributed by atoms with Crippen LogP contribution in [0.5, 0.6) is 0 Å². The molecule has 0 radical (unpaired) electrons. The topological polar surface area (TPSA) is 67.5 Å². The van der Waals surface area contributed by atoms with Gasteiger partial charge in [-0.05, 0) is 12.1 Å². The Kier molecular flexibility index (Phi) is 1.66. The Morgan fingerprint density at radius 1 is 1.62 bits per heavy atom. The van der Waals surface area contributed by atoms with Gasteiger partial charge in [-0.2, -0.15) is 5.10 Å². The highest BCUT2D eigenvalue weighted by atomic mass is 35.5. The van der Waals surface area contributed by atoms with Gasteiger partial charge in [0.15, 0.2) is 16.5 Å². The number of imidazole rings is 1. The molecule has 5 nitrogen and oxygen atoms in total. The number of fused-ring (bicyclic) bond motifs is 1. The normalized spacial score (nSPS) is 10.5. The van der Waals surface area contributed by atoms with Crippen molar-refractivity contribution in [3.8, 4) is 0 Å². The molecule has 0 atom stereocenters. The molecule has 1 N–H and O–H groups in total. The van der Waals surface area contributed by atoms with E-state index in [0.29, 0.717) is 5.65 Å². The van der Waals surface area contributed by atoms with Gasteiger partial charge in [-0.3, -0.25) is 0 Å². The number of hydrogen-bond donors (Lipinski definition) is 1. The summed E-state index contributed by atoms with van der Waals surface area (Å²) in [6, 6.07) is 3.29. The van der Waals surface area contributed by atoms with E-state index >= 15 is 0 Å². The summed E-state index contributed by atoms with van der Waals surface area (Å²) >= 11 is 5.71. The molecule has 0 unspecified atom stereocenters. The number of carboxylic acid groups (broad SMARTS) is 1. The molecular weight excluding hydrogens is 194 g/mol. The Morgan fingerprint density at radius 3 is 3.00 bits per heavy atom. The Labute approximate surface area is 77.6 Å². The van der Waals surface area contributed by atoms with E-state index in [1.54, 1.807) is 12.1 Å². The molecule has 0 aliphatic heterocycles. The van der Waals surface area contributed by atoms with Crippen LogP contribution in [0.3, 0.4) is 0 Å². The molecular formula is C7H4ClN3O2. The second-order valence-corrected chi connectivity index (χ2v) is 2.71. The van der Waals surface area contributed by atoms with Crippen molar-refractivity contribution in [1.29, 1.82) is 0 Å². The van der Waals surface area contributed by atoms with Crippen LogP contribution >= 0.6 is 11.6 Å². The maximum atomic E-state index is 10.6. The molecule has 0 saturated carbocycles. The zero-order chi connectivity index (χ0) is 9.42. The van der Waals surface area contributed by atoms with Crippen molar-refractivity contribution in [2.24, 2.45) is 0 Å². The maximum Gasteiger partial charge on any atom is 0.357 e. The van der Waals surface area contributed by atoms with E-state index in [9.17, 15) is 4.79 Å². The van der Waals surface area contributed by atoms with Gasteiger partial charge >= 0.3 is 5.97 Å². The summed E-state index contributed by atoms with van der Waals surface area (Å²) in [7, 11) is 0. The van der Waals surface area contributed by atoms with Crippen LogP contribution in [0.4, 0.5) is 0 Å². The third-order valence-corrected chi connectivity index (χ3v) is 1.88. The zero-order valence-electron chi connectivity index (χ0n) is 6.31. The van der Waals surface area contributed by atoms with Gasteiger partial charge in [-0.25, -0.2) is 14.3 Å². The Hall–Kier alpha value is -1.62. The molecule has 0 aliphatic rings. The van der Waals surface area contributed by atoms with E-state index in [1.165, 1.54) is 10.7 Å². The summed E-state index contributed by atoms with van der Waals surface area (Å²) in [6.07, 6.45) is 1.51. The molecule has 0 aliphatic carbocycles. The maximum absolute atomic E-state index is 10.6. The molecule has 0 saturated heterocycles. The standard InChI is InChI=1S/C7H4ClN3O2/c8-6-5(7(12)13)10-4-2-1-3-9-11(4)6/h1-3H,(H,12,13). The van der Waals surface area contributed by atoms with Crippen LogP contribution < -0.4 is 0 Å². The summed E-state index contributed by atoms with van der Waals surface area (Å²) < 4.78 is 1.27. The number of rotatable bonds is 1. The van der Waals surface area contributed by atoms with Crippen molar-refractivity contribution in [2.75, 3.05) is 0 Å². The molecule has 0 bridgehead atoms. The van der Waals surface area contributed by atoms with Crippen molar-refractivity contribution in [1.82, 2.24) is 14.6 Å². The number of aromatic nitrogens is 3. The predicted molar refractivity (Wildman–Crippen MR) is 45.0 cm³/mol. The van der Waals surface area contributed by atoms with Crippen LogP contribution in [-0.2, 0) is 0 Å². The van der Waals surface area contributed by atoms with E-state index in [0.717, 1.165) is 0 Å². The third-order valence-electron chi connectivity index (χ3n) is 1.54. The SMILES string of the molecule is O=C(O)c1nc2cccnn2c1Cl. The van der Waals surface area contributed by atoms with Crippen molar-refractivity contribution < 1.29 is 9.90 Å². The molecule has 2 rings (SSSR count). The zero-order valence-corrected chi connectivity index (χ0v) is 7.06. The highest BCUT2D eigenvalue weighted by molar-refractivity contribution is 6.32. The number of aromatic carboxylic acids is 1. The minimum atomic E-state index is -1.16. The first-order chi connectivity index (χ1) is 6.20. The monoisotopic (exact) mass is 197 g/mol. The number of nitrogens with zero attached hydrogens (tertiary/aromatic N) is 3. The first kappa shape index (κ1) is 8.00. The number of carbonyl (C=O) groups is 1. The molecule has 0 spiro atoms. The molecule has 2 aromatic rings. The van der Waals surface area contributed by atoms with E-state index in [4.69, 9.17) is 16.7 Å². The van der Waals surface area contributed by atoms with Crippen molar-refractivity contribution >= 4 is 23.2 Å². The second-order valence-electron chi connectivity index (χ2n) is 2.35. The lowest BCUT2D eigenvalue weighted by Crippen LogP contribution is -1.97. The third kappa shape index (κ3) is 1.13. The fourth-order valence-electron chi connectivity index (χ4n) is 0.997. The molecule has 2 heterocycles. The second kappa shape index (κ2) is 2.70. The highest BCUT2D eigenvalue weighted by Crippen LogP contribution is 2.16.